The van der Waals surface area contributed by atoms with Crippen molar-refractivity contribution in [2.24, 2.45) is 0 Å². The molecule has 0 spiro atoms. The molecule has 1 aliphatic heterocycles. The topological polar surface area (TPSA) is 85.6 Å². The summed E-state index contributed by atoms with van der Waals surface area (Å²) in [4.78, 5) is 29.7. The molecule has 1 unspecified atom stereocenters. The number of nitrogens with zero attached hydrogens (tertiary/aromatic N) is 3. The molecular formula is C21H18ClN3O4S. The van der Waals surface area contributed by atoms with Crippen molar-refractivity contribution in [3.05, 3.63) is 69.2 Å². The fourth-order valence-corrected chi connectivity index (χ4v) is 4.55. The Kier molecular flexibility index (Phi) is 6.08. The summed E-state index contributed by atoms with van der Waals surface area (Å²) in [6, 6.07) is 11.7. The molecule has 154 valence electrons. The van der Waals surface area contributed by atoms with E-state index in [2.05, 4.69) is 4.98 Å². The number of nitro groups is 1. The number of non-ortho nitro benzene ring substituents is 1. The fraction of sp³-hybridized carbons (Fsp3) is 0.238. The summed E-state index contributed by atoms with van der Waals surface area (Å²) < 4.78 is 6.61. The van der Waals surface area contributed by atoms with Gasteiger partial charge in [-0.15, -0.1) is 0 Å². The maximum atomic E-state index is 13.1. The number of benzene rings is 2. The first-order valence-electron chi connectivity index (χ1n) is 9.42. The third kappa shape index (κ3) is 4.51. The molecule has 0 radical (unpaired) electrons. The van der Waals surface area contributed by atoms with E-state index in [1.54, 1.807) is 29.2 Å². The van der Waals surface area contributed by atoms with Crippen LogP contribution in [0.15, 0.2) is 48.5 Å². The second-order valence-electron chi connectivity index (χ2n) is 6.85. The van der Waals surface area contributed by atoms with E-state index < -0.39 is 4.92 Å². The SMILES string of the molecule is O=C(/C=C/c1cccc([N+](=O)[O-])c1)N(CC1CCCO1)c1nc2c(Cl)cccc2s1. The van der Waals surface area contributed by atoms with Crippen LogP contribution >= 0.6 is 22.9 Å². The summed E-state index contributed by atoms with van der Waals surface area (Å²) in [5, 5.41) is 12.0. The van der Waals surface area contributed by atoms with Crippen LogP contribution in [0.3, 0.4) is 0 Å². The van der Waals surface area contributed by atoms with Crippen molar-refractivity contribution in [2.75, 3.05) is 18.1 Å². The van der Waals surface area contributed by atoms with Crippen LogP contribution in [-0.4, -0.2) is 35.1 Å². The number of para-hydroxylation sites is 1. The minimum atomic E-state index is -0.465. The second kappa shape index (κ2) is 8.91. The summed E-state index contributed by atoms with van der Waals surface area (Å²) in [6.07, 6.45) is 4.76. The number of hydrogen-bond acceptors (Lipinski definition) is 6. The third-order valence-electron chi connectivity index (χ3n) is 4.76. The van der Waals surface area contributed by atoms with Gasteiger partial charge < -0.3 is 4.74 Å². The molecule has 9 heteroatoms. The van der Waals surface area contributed by atoms with Crippen LogP contribution in [0.5, 0.6) is 0 Å². The number of carbonyl (C=O) groups excluding carboxylic acids is 1. The highest BCUT2D eigenvalue weighted by Crippen LogP contribution is 2.33. The molecule has 2 aromatic carbocycles. The first-order chi connectivity index (χ1) is 14.5. The number of amides is 1. The average molecular weight is 444 g/mol. The molecule has 30 heavy (non-hydrogen) atoms. The lowest BCUT2D eigenvalue weighted by Gasteiger charge is -2.21. The second-order valence-corrected chi connectivity index (χ2v) is 8.27. The summed E-state index contributed by atoms with van der Waals surface area (Å²) in [7, 11) is 0. The van der Waals surface area contributed by atoms with Crippen molar-refractivity contribution in [2.45, 2.75) is 18.9 Å². The minimum absolute atomic E-state index is 0.0263. The lowest BCUT2D eigenvalue weighted by molar-refractivity contribution is -0.384. The van der Waals surface area contributed by atoms with Gasteiger partial charge in [0.2, 0.25) is 0 Å². The molecule has 0 N–H and O–H groups in total. The Hall–Kier alpha value is -2.81. The first kappa shape index (κ1) is 20.5. The van der Waals surface area contributed by atoms with Gasteiger partial charge in [-0.25, -0.2) is 4.98 Å². The molecule has 0 saturated carbocycles. The van der Waals surface area contributed by atoms with Crippen molar-refractivity contribution in [1.29, 1.82) is 0 Å². The Bertz CT molecular complexity index is 1120. The highest BCUT2D eigenvalue weighted by Gasteiger charge is 2.25. The number of hydrogen-bond donors (Lipinski definition) is 0. The smallest absolute Gasteiger partial charge is 0.270 e. The van der Waals surface area contributed by atoms with E-state index in [1.807, 2.05) is 12.1 Å². The van der Waals surface area contributed by atoms with Crippen LogP contribution in [0, 0.1) is 10.1 Å². The molecule has 7 nitrogen and oxygen atoms in total. The lowest BCUT2D eigenvalue weighted by atomic mass is 10.2. The zero-order valence-electron chi connectivity index (χ0n) is 15.9. The van der Waals surface area contributed by atoms with Crippen LogP contribution < -0.4 is 4.90 Å². The number of nitro benzene ring substituents is 1. The standard InChI is InChI=1S/C21H18ClN3O4S/c22-17-7-2-8-18-20(17)23-21(30-18)24(13-16-6-3-11-29-16)19(26)10-9-14-4-1-5-15(12-14)25(27)28/h1-2,4-5,7-10,12,16H,3,6,11,13H2/b10-9+. The molecule has 1 fully saturated rings. The molecule has 1 aliphatic rings. The predicted octanol–water partition coefficient (Wildman–Crippen LogP) is 5.08. The van der Waals surface area contributed by atoms with Crippen molar-refractivity contribution < 1.29 is 14.5 Å². The van der Waals surface area contributed by atoms with Crippen molar-refractivity contribution in [3.8, 4) is 0 Å². The summed E-state index contributed by atoms with van der Waals surface area (Å²) >= 11 is 7.64. The summed E-state index contributed by atoms with van der Waals surface area (Å²) in [6.45, 7) is 1.07. The van der Waals surface area contributed by atoms with Crippen LogP contribution in [0.1, 0.15) is 18.4 Å². The highest BCUT2D eigenvalue weighted by atomic mass is 35.5. The van der Waals surface area contributed by atoms with Gasteiger partial charge in [0.15, 0.2) is 5.13 Å². The zero-order chi connectivity index (χ0) is 21.1. The van der Waals surface area contributed by atoms with Crippen molar-refractivity contribution in [3.63, 3.8) is 0 Å². The number of carbonyl (C=O) groups is 1. The van der Waals surface area contributed by atoms with Gasteiger partial charge in [-0.3, -0.25) is 19.8 Å². The first-order valence-corrected chi connectivity index (χ1v) is 10.6. The molecule has 1 saturated heterocycles. The number of anilines is 1. The largest absolute Gasteiger partial charge is 0.376 e. The van der Waals surface area contributed by atoms with Gasteiger partial charge in [0.1, 0.15) is 5.52 Å². The van der Waals surface area contributed by atoms with Gasteiger partial charge in [0.05, 0.1) is 27.3 Å². The van der Waals surface area contributed by atoms with E-state index in [4.69, 9.17) is 16.3 Å². The van der Waals surface area contributed by atoms with Gasteiger partial charge in [-0.1, -0.05) is 41.1 Å². The van der Waals surface area contributed by atoms with Gasteiger partial charge in [-0.2, -0.15) is 0 Å². The van der Waals surface area contributed by atoms with E-state index >= 15 is 0 Å². The third-order valence-corrected chi connectivity index (χ3v) is 6.11. The van der Waals surface area contributed by atoms with E-state index in [1.165, 1.54) is 29.5 Å². The van der Waals surface area contributed by atoms with Gasteiger partial charge >= 0.3 is 0 Å². The average Bonchev–Trinajstić information content (AvgIpc) is 3.40. The normalized spacial score (nSPS) is 16.4. The van der Waals surface area contributed by atoms with Crippen LogP contribution in [-0.2, 0) is 9.53 Å². The van der Waals surface area contributed by atoms with Crippen LogP contribution in [0.25, 0.3) is 16.3 Å². The van der Waals surface area contributed by atoms with Gasteiger partial charge in [0.25, 0.3) is 11.6 Å². The van der Waals surface area contributed by atoms with E-state index in [0.717, 1.165) is 17.5 Å². The molecule has 2 heterocycles. The molecule has 4 rings (SSSR count). The molecular weight excluding hydrogens is 426 g/mol. The summed E-state index contributed by atoms with van der Waals surface area (Å²) in [5.41, 5.74) is 1.20. The number of rotatable bonds is 6. The Balaban J connectivity index is 1.62. The summed E-state index contributed by atoms with van der Waals surface area (Å²) in [5.74, 6) is -0.271. The maximum absolute atomic E-state index is 13.1. The van der Waals surface area contributed by atoms with Gasteiger partial charge in [-0.05, 0) is 36.6 Å². The van der Waals surface area contributed by atoms with Crippen LogP contribution in [0.2, 0.25) is 5.02 Å². The number of ether oxygens (including phenoxy) is 1. The van der Waals surface area contributed by atoms with Gasteiger partial charge in [0, 0.05) is 24.8 Å². The molecule has 0 bridgehead atoms. The molecule has 1 aromatic heterocycles. The number of halogens is 1. The van der Waals surface area contributed by atoms with Crippen LogP contribution in [0.4, 0.5) is 10.8 Å². The fourth-order valence-electron chi connectivity index (χ4n) is 3.27. The predicted molar refractivity (Wildman–Crippen MR) is 118 cm³/mol. The lowest BCUT2D eigenvalue weighted by Crippen LogP contribution is -2.36. The Morgan fingerprint density at radius 2 is 2.20 bits per heavy atom. The maximum Gasteiger partial charge on any atom is 0.270 e. The quantitative estimate of drug-likeness (QED) is 0.301. The Morgan fingerprint density at radius 3 is 2.93 bits per heavy atom. The van der Waals surface area contributed by atoms with Crippen molar-refractivity contribution in [1.82, 2.24) is 4.98 Å². The molecule has 1 atom stereocenters. The monoisotopic (exact) mass is 443 g/mol. The van der Waals surface area contributed by atoms with E-state index in [0.29, 0.717) is 34.4 Å². The highest BCUT2D eigenvalue weighted by molar-refractivity contribution is 7.22. The molecule has 1 amide bonds. The number of fused-ring (bicyclic) bond motifs is 1. The van der Waals surface area contributed by atoms with E-state index in [9.17, 15) is 14.9 Å². The Labute approximate surface area is 181 Å². The molecule has 3 aromatic rings. The Morgan fingerprint density at radius 1 is 1.37 bits per heavy atom. The molecule has 0 aliphatic carbocycles. The minimum Gasteiger partial charge on any atom is -0.376 e. The zero-order valence-corrected chi connectivity index (χ0v) is 17.4. The van der Waals surface area contributed by atoms with Crippen molar-refractivity contribution >= 4 is 56.0 Å². The number of aromatic nitrogens is 1. The number of thiazole rings is 1. The van der Waals surface area contributed by atoms with E-state index in [-0.39, 0.29) is 17.7 Å².